The molecule has 4 aromatic rings. The fourth-order valence-electron chi connectivity index (χ4n) is 5.01. The topological polar surface area (TPSA) is 201 Å². The number of primary amides is 1. The zero-order valence-electron chi connectivity index (χ0n) is 23.6. The SMILES string of the molecule is CN(CC(=O)N[C@@H](CC(=O)O)C(=O)N[C@@H](Cc1cccc2ccccc12)C(N)=O)C(=O)[C@@H](N)Cc1c[nH]c2ccccc12. The summed E-state index contributed by atoms with van der Waals surface area (Å²) in [5, 5.41) is 17.0. The summed E-state index contributed by atoms with van der Waals surface area (Å²) >= 11 is 0. The molecule has 4 rings (SSSR count). The number of hydrogen-bond acceptors (Lipinski definition) is 6. The Hall–Kier alpha value is -5.23. The number of carbonyl (C=O) groups excluding carboxylic acids is 4. The molecular formula is C31H34N6O6. The van der Waals surface area contributed by atoms with E-state index in [-0.39, 0.29) is 12.8 Å². The van der Waals surface area contributed by atoms with E-state index in [4.69, 9.17) is 11.5 Å². The third-order valence-electron chi connectivity index (χ3n) is 7.18. The average molecular weight is 587 g/mol. The minimum absolute atomic E-state index is 0.0573. The largest absolute Gasteiger partial charge is 0.481 e. The van der Waals surface area contributed by atoms with Crippen LogP contribution in [0.3, 0.4) is 0 Å². The number of carboxylic acid groups (broad SMARTS) is 1. The Kier molecular flexibility index (Phi) is 9.73. The summed E-state index contributed by atoms with van der Waals surface area (Å²) in [6.45, 7) is -0.473. The number of amides is 4. The van der Waals surface area contributed by atoms with Crippen molar-refractivity contribution in [3.05, 3.63) is 84.1 Å². The van der Waals surface area contributed by atoms with Crippen molar-refractivity contribution in [3.8, 4) is 0 Å². The number of H-pyrrole nitrogens is 1. The highest BCUT2D eigenvalue weighted by Gasteiger charge is 2.29. The number of nitrogens with one attached hydrogen (secondary N) is 3. The van der Waals surface area contributed by atoms with Crippen LogP contribution in [0.5, 0.6) is 0 Å². The number of carboxylic acids is 1. The van der Waals surface area contributed by atoms with Crippen LogP contribution in [0.1, 0.15) is 17.5 Å². The predicted molar refractivity (Wildman–Crippen MR) is 161 cm³/mol. The summed E-state index contributed by atoms with van der Waals surface area (Å²) in [5.74, 6) is -4.36. The Morgan fingerprint density at radius 1 is 0.860 bits per heavy atom. The van der Waals surface area contributed by atoms with E-state index in [1.54, 1.807) is 12.3 Å². The molecule has 3 aromatic carbocycles. The maximum absolute atomic E-state index is 13.1. The third kappa shape index (κ3) is 7.74. The number of benzene rings is 3. The molecule has 0 bridgehead atoms. The van der Waals surface area contributed by atoms with Crippen LogP contribution < -0.4 is 22.1 Å². The van der Waals surface area contributed by atoms with E-state index < -0.39 is 60.7 Å². The van der Waals surface area contributed by atoms with Gasteiger partial charge in [-0.3, -0.25) is 24.0 Å². The highest BCUT2D eigenvalue weighted by Crippen LogP contribution is 2.20. The molecule has 0 saturated heterocycles. The number of hydrogen-bond donors (Lipinski definition) is 6. The first-order valence-electron chi connectivity index (χ1n) is 13.7. The molecule has 0 aliphatic rings. The van der Waals surface area contributed by atoms with Crippen LogP contribution in [0.4, 0.5) is 0 Å². The minimum Gasteiger partial charge on any atom is -0.481 e. The molecule has 43 heavy (non-hydrogen) atoms. The van der Waals surface area contributed by atoms with Crippen molar-refractivity contribution in [1.29, 1.82) is 0 Å². The molecule has 0 unspecified atom stereocenters. The summed E-state index contributed by atoms with van der Waals surface area (Å²) in [5.41, 5.74) is 14.2. The summed E-state index contributed by atoms with van der Waals surface area (Å²) in [6.07, 6.45) is 1.31. The van der Waals surface area contributed by atoms with E-state index >= 15 is 0 Å². The number of nitrogens with two attached hydrogens (primary N) is 2. The number of aliphatic carboxylic acids is 1. The van der Waals surface area contributed by atoms with Crippen LogP contribution in [-0.2, 0) is 36.8 Å². The molecule has 1 aromatic heterocycles. The van der Waals surface area contributed by atoms with Crippen molar-refractivity contribution in [2.45, 2.75) is 37.4 Å². The fourth-order valence-corrected chi connectivity index (χ4v) is 5.01. The Morgan fingerprint density at radius 2 is 1.53 bits per heavy atom. The smallest absolute Gasteiger partial charge is 0.305 e. The molecule has 8 N–H and O–H groups in total. The number of fused-ring (bicyclic) bond motifs is 2. The molecule has 3 atom stereocenters. The van der Waals surface area contributed by atoms with Gasteiger partial charge in [0.25, 0.3) is 0 Å². The Bertz CT molecular complexity index is 1660. The van der Waals surface area contributed by atoms with Gasteiger partial charge < -0.3 is 37.1 Å². The predicted octanol–water partition coefficient (Wildman–Crippen LogP) is 0.822. The summed E-state index contributed by atoms with van der Waals surface area (Å²) in [4.78, 5) is 66.8. The number of aromatic nitrogens is 1. The van der Waals surface area contributed by atoms with Crippen molar-refractivity contribution >= 4 is 51.3 Å². The van der Waals surface area contributed by atoms with E-state index in [0.717, 1.165) is 37.7 Å². The van der Waals surface area contributed by atoms with E-state index in [0.29, 0.717) is 0 Å². The van der Waals surface area contributed by atoms with Gasteiger partial charge in [0.1, 0.15) is 12.1 Å². The second kappa shape index (κ2) is 13.6. The number of carbonyl (C=O) groups is 5. The van der Waals surface area contributed by atoms with Crippen molar-refractivity contribution in [3.63, 3.8) is 0 Å². The second-order valence-electron chi connectivity index (χ2n) is 10.4. The highest BCUT2D eigenvalue weighted by atomic mass is 16.4. The van der Waals surface area contributed by atoms with Gasteiger partial charge in [0.15, 0.2) is 0 Å². The van der Waals surface area contributed by atoms with Gasteiger partial charge in [-0.15, -0.1) is 0 Å². The molecule has 0 saturated carbocycles. The van der Waals surface area contributed by atoms with Crippen LogP contribution in [0.15, 0.2) is 72.9 Å². The number of likely N-dealkylation sites (N-methyl/N-ethyl adjacent to an activating group) is 1. The average Bonchev–Trinajstić information content (AvgIpc) is 3.38. The summed E-state index contributed by atoms with van der Waals surface area (Å²) in [7, 11) is 1.39. The maximum Gasteiger partial charge on any atom is 0.305 e. The van der Waals surface area contributed by atoms with E-state index in [2.05, 4.69) is 15.6 Å². The van der Waals surface area contributed by atoms with Crippen LogP contribution >= 0.6 is 0 Å². The lowest BCUT2D eigenvalue weighted by Crippen LogP contribution is -2.55. The molecular weight excluding hydrogens is 552 g/mol. The zero-order chi connectivity index (χ0) is 31.1. The van der Waals surface area contributed by atoms with E-state index in [1.165, 1.54) is 7.05 Å². The lowest BCUT2D eigenvalue weighted by molar-refractivity contribution is -0.141. The van der Waals surface area contributed by atoms with Crippen molar-refractivity contribution in [1.82, 2.24) is 20.5 Å². The third-order valence-corrected chi connectivity index (χ3v) is 7.18. The van der Waals surface area contributed by atoms with Crippen LogP contribution in [-0.4, -0.2) is 76.3 Å². The fraction of sp³-hybridized carbons (Fsp3) is 0.258. The quantitative estimate of drug-likeness (QED) is 0.133. The minimum atomic E-state index is -1.53. The van der Waals surface area contributed by atoms with Gasteiger partial charge in [0.05, 0.1) is 19.0 Å². The van der Waals surface area contributed by atoms with Gasteiger partial charge in [-0.25, -0.2) is 0 Å². The van der Waals surface area contributed by atoms with Crippen LogP contribution in [0.2, 0.25) is 0 Å². The molecule has 224 valence electrons. The Labute approximate surface area is 247 Å². The van der Waals surface area contributed by atoms with Gasteiger partial charge in [0, 0.05) is 30.6 Å². The molecule has 12 nitrogen and oxygen atoms in total. The highest BCUT2D eigenvalue weighted by molar-refractivity contribution is 5.95. The summed E-state index contributed by atoms with van der Waals surface area (Å²) in [6, 6.07) is 17.0. The van der Waals surface area contributed by atoms with Crippen molar-refractivity contribution in [2.75, 3.05) is 13.6 Å². The number of para-hydroxylation sites is 1. The molecule has 1 heterocycles. The normalized spacial score (nSPS) is 13.2. The first-order valence-corrected chi connectivity index (χ1v) is 13.7. The lowest BCUT2D eigenvalue weighted by atomic mass is 9.98. The van der Waals surface area contributed by atoms with Gasteiger partial charge in [-0.1, -0.05) is 60.7 Å². The van der Waals surface area contributed by atoms with Crippen molar-refractivity contribution < 1.29 is 29.1 Å². The second-order valence-corrected chi connectivity index (χ2v) is 10.4. The molecule has 0 aliphatic carbocycles. The van der Waals surface area contributed by atoms with E-state index in [9.17, 15) is 29.1 Å². The Balaban J connectivity index is 1.38. The monoisotopic (exact) mass is 586 g/mol. The van der Waals surface area contributed by atoms with Crippen LogP contribution in [0, 0.1) is 0 Å². The van der Waals surface area contributed by atoms with Gasteiger partial charge in [-0.2, -0.15) is 0 Å². The molecule has 12 heteroatoms. The molecule has 0 fully saturated rings. The first-order chi connectivity index (χ1) is 20.5. The molecule has 4 amide bonds. The molecule has 0 spiro atoms. The first kappa shape index (κ1) is 30.7. The number of nitrogens with zero attached hydrogens (tertiary/aromatic N) is 1. The van der Waals surface area contributed by atoms with Gasteiger partial charge in [-0.05, 0) is 34.4 Å². The number of aromatic amines is 1. The Morgan fingerprint density at radius 3 is 2.26 bits per heavy atom. The number of rotatable bonds is 13. The van der Waals surface area contributed by atoms with E-state index in [1.807, 2.05) is 60.7 Å². The van der Waals surface area contributed by atoms with Crippen molar-refractivity contribution in [2.24, 2.45) is 11.5 Å². The van der Waals surface area contributed by atoms with Gasteiger partial charge in [0.2, 0.25) is 23.6 Å². The molecule has 0 radical (unpaired) electrons. The zero-order valence-corrected chi connectivity index (χ0v) is 23.6. The lowest BCUT2D eigenvalue weighted by Gasteiger charge is -2.24. The van der Waals surface area contributed by atoms with Gasteiger partial charge >= 0.3 is 5.97 Å². The summed E-state index contributed by atoms with van der Waals surface area (Å²) < 4.78 is 0. The molecule has 0 aliphatic heterocycles. The standard InChI is InChI=1S/C31H34N6O6/c1-37(31(43)23(32)13-20-16-34-24-12-5-4-11-22(20)24)17-27(38)35-26(15-28(39)40)30(42)36-25(29(33)41)14-19-9-6-8-18-7-2-3-10-21(18)19/h2-12,16,23,25-26,34H,13-15,17,32H2,1H3,(H2,33,41)(H,35,38)(H,36,42)(H,39,40)/t23-,25-,26-/m0/s1. The maximum atomic E-state index is 13.1. The van der Waals surface area contributed by atoms with Crippen LogP contribution in [0.25, 0.3) is 21.7 Å².